The number of hydrogen-bond acceptors (Lipinski definition) is 5. The van der Waals surface area contributed by atoms with Crippen molar-refractivity contribution in [2.75, 3.05) is 19.0 Å². The molecule has 0 aliphatic heterocycles. The first kappa shape index (κ1) is 15.0. The molecule has 0 spiro atoms. The molecule has 0 saturated carbocycles. The molecule has 0 atom stereocenters. The van der Waals surface area contributed by atoms with Crippen LogP contribution in [-0.4, -0.2) is 34.6 Å². The van der Waals surface area contributed by atoms with Crippen LogP contribution in [0.15, 0.2) is 30.5 Å². The molecule has 1 aromatic heterocycles. The van der Waals surface area contributed by atoms with Gasteiger partial charge in [0.1, 0.15) is 12.3 Å². The number of anilines is 1. The zero-order valence-corrected chi connectivity index (χ0v) is 12.0. The minimum absolute atomic E-state index is 0.105. The molecule has 1 aromatic carbocycles. The quantitative estimate of drug-likeness (QED) is 0.786. The lowest BCUT2D eigenvalue weighted by atomic mass is 10.2. The summed E-state index contributed by atoms with van der Waals surface area (Å²) in [4.78, 5) is 12.0. The lowest BCUT2D eigenvalue weighted by molar-refractivity contribution is -0.116. The fourth-order valence-electron chi connectivity index (χ4n) is 1.90. The summed E-state index contributed by atoms with van der Waals surface area (Å²) < 4.78 is 6.69. The molecule has 7 nitrogen and oxygen atoms in total. The Labute approximate surface area is 123 Å². The van der Waals surface area contributed by atoms with Crippen LogP contribution >= 0.6 is 0 Å². The van der Waals surface area contributed by atoms with Crippen LogP contribution in [0.5, 0.6) is 5.75 Å². The van der Waals surface area contributed by atoms with Gasteiger partial charge in [-0.1, -0.05) is 17.3 Å². The lowest BCUT2D eigenvalue weighted by Gasteiger charge is -2.09. The van der Waals surface area contributed by atoms with Crippen molar-refractivity contribution in [1.82, 2.24) is 15.0 Å². The van der Waals surface area contributed by atoms with Crippen LogP contribution in [0.25, 0.3) is 0 Å². The van der Waals surface area contributed by atoms with E-state index in [-0.39, 0.29) is 12.5 Å². The number of aromatic nitrogens is 3. The smallest absolute Gasteiger partial charge is 0.246 e. The number of carbonyl (C=O) groups excluding carboxylic acids is 1. The van der Waals surface area contributed by atoms with Gasteiger partial charge in [-0.3, -0.25) is 4.79 Å². The predicted molar refractivity (Wildman–Crippen MR) is 79.0 cm³/mol. The third-order valence-corrected chi connectivity index (χ3v) is 2.91. The van der Waals surface area contributed by atoms with Gasteiger partial charge in [-0.25, -0.2) is 4.68 Å². The van der Waals surface area contributed by atoms with Gasteiger partial charge in [0.05, 0.1) is 18.5 Å². The largest absolute Gasteiger partial charge is 0.495 e. The molecule has 112 valence electrons. The summed E-state index contributed by atoms with van der Waals surface area (Å²) in [5.41, 5.74) is 6.92. The fraction of sp³-hybridized carbons (Fsp3) is 0.357. The highest BCUT2D eigenvalue weighted by atomic mass is 16.5. The van der Waals surface area contributed by atoms with Gasteiger partial charge >= 0.3 is 0 Å². The van der Waals surface area contributed by atoms with Crippen LogP contribution in [0.4, 0.5) is 5.69 Å². The van der Waals surface area contributed by atoms with E-state index in [0.717, 1.165) is 18.5 Å². The van der Waals surface area contributed by atoms with Crippen LogP contribution in [0.2, 0.25) is 0 Å². The van der Waals surface area contributed by atoms with E-state index in [0.29, 0.717) is 18.0 Å². The SMILES string of the molecule is COc1ccccc1NC(=O)Cn1cc(CCCN)nn1. The second-order valence-electron chi connectivity index (χ2n) is 4.55. The van der Waals surface area contributed by atoms with Crippen molar-refractivity contribution in [2.24, 2.45) is 5.73 Å². The Morgan fingerprint density at radius 1 is 1.43 bits per heavy atom. The molecule has 0 aliphatic rings. The van der Waals surface area contributed by atoms with Crippen molar-refractivity contribution in [2.45, 2.75) is 19.4 Å². The number of nitrogens with two attached hydrogens (primary N) is 1. The molecular formula is C14H19N5O2. The zero-order chi connectivity index (χ0) is 15.1. The number of aryl methyl sites for hydroxylation is 1. The Morgan fingerprint density at radius 2 is 2.24 bits per heavy atom. The monoisotopic (exact) mass is 289 g/mol. The van der Waals surface area contributed by atoms with Crippen molar-refractivity contribution in [3.05, 3.63) is 36.2 Å². The van der Waals surface area contributed by atoms with Crippen molar-refractivity contribution >= 4 is 11.6 Å². The number of nitrogens with one attached hydrogen (secondary N) is 1. The number of para-hydroxylation sites is 2. The van der Waals surface area contributed by atoms with E-state index < -0.39 is 0 Å². The molecule has 0 saturated heterocycles. The number of carbonyl (C=O) groups is 1. The van der Waals surface area contributed by atoms with E-state index in [1.807, 2.05) is 12.1 Å². The number of methoxy groups -OCH3 is 1. The first-order valence-corrected chi connectivity index (χ1v) is 6.75. The van der Waals surface area contributed by atoms with Gasteiger partial charge in [0.15, 0.2) is 0 Å². The van der Waals surface area contributed by atoms with Gasteiger partial charge in [0, 0.05) is 6.20 Å². The van der Waals surface area contributed by atoms with Crippen LogP contribution in [-0.2, 0) is 17.8 Å². The maximum absolute atomic E-state index is 12.0. The first-order valence-electron chi connectivity index (χ1n) is 6.75. The second-order valence-corrected chi connectivity index (χ2v) is 4.55. The molecular weight excluding hydrogens is 270 g/mol. The molecule has 0 fully saturated rings. The standard InChI is InChI=1S/C14H19N5O2/c1-21-13-7-3-2-6-12(13)16-14(20)10-19-9-11(17-18-19)5-4-8-15/h2-3,6-7,9H,4-5,8,10,15H2,1H3,(H,16,20). The molecule has 0 bridgehead atoms. The van der Waals surface area contributed by atoms with E-state index in [4.69, 9.17) is 10.5 Å². The highest BCUT2D eigenvalue weighted by molar-refractivity contribution is 5.92. The molecule has 7 heteroatoms. The second kappa shape index (κ2) is 7.39. The predicted octanol–water partition coefficient (Wildman–Crippen LogP) is 0.817. The molecule has 0 radical (unpaired) electrons. The summed E-state index contributed by atoms with van der Waals surface area (Å²) in [6.45, 7) is 0.717. The van der Waals surface area contributed by atoms with E-state index in [2.05, 4.69) is 15.6 Å². The normalized spacial score (nSPS) is 10.4. The number of nitrogens with zero attached hydrogens (tertiary/aromatic N) is 3. The van der Waals surface area contributed by atoms with Gasteiger partial charge in [0.25, 0.3) is 0 Å². The zero-order valence-electron chi connectivity index (χ0n) is 12.0. The molecule has 0 aliphatic carbocycles. The van der Waals surface area contributed by atoms with Crippen LogP contribution < -0.4 is 15.8 Å². The van der Waals surface area contributed by atoms with Crippen molar-refractivity contribution in [3.63, 3.8) is 0 Å². The summed E-state index contributed by atoms with van der Waals surface area (Å²) >= 11 is 0. The van der Waals surface area contributed by atoms with Crippen molar-refractivity contribution in [3.8, 4) is 5.75 Å². The Morgan fingerprint density at radius 3 is 3.00 bits per heavy atom. The summed E-state index contributed by atoms with van der Waals surface area (Å²) in [6.07, 6.45) is 3.38. The number of benzene rings is 1. The minimum atomic E-state index is -0.185. The average molecular weight is 289 g/mol. The van der Waals surface area contributed by atoms with Crippen LogP contribution in [0.1, 0.15) is 12.1 Å². The summed E-state index contributed by atoms with van der Waals surface area (Å²) in [7, 11) is 1.56. The van der Waals surface area contributed by atoms with E-state index in [1.165, 1.54) is 4.68 Å². The van der Waals surface area contributed by atoms with Gasteiger partial charge in [-0.2, -0.15) is 0 Å². The third-order valence-electron chi connectivity index (χ3n) is 2.91. The van der Waals surface area contributed by atoms with Crippen molar-refractivity contribution in [1.29, 1.82) is 0 Å². The lowest BCUT2D eigenvalue weighted by Crippen LogP contribution is -2.19. The Hall–Kier alpha value is -2.41. The molecule has 2 rings (SSSR count). The first-order chi connectivity index (χ1) is 10.2. The molecule has 0 unspecified atom stereocenters. The van der Waals surface area contributed by atoms with Crippen molar-refractivity contribution < 1.29 is 9.53 Å². The van der Waals surface area contributed by atoms with Gasteiger partial charge in [-0.05, 0) is 31.5 Å². The van der Waals surface area contributed by atoms with Crippen LogP contribution in [0, 0.1) is 0 Å². The highest BCUT2D eigenvalue weighted by Gasteiger charge is 2.09. The fourth-order valence-corrected chi connectivity index (χ4v) is 1.90. The summed E-state index contributed by atoms with van der Waals surface area (Å²) in [5.74, 6) is 0.433. The topological polar surface area (TPSA) is 95.1 Å². The highest BCUT2D eigenvalue weighted by Crippen LogP contribution is 2.22. The number of amides is 1. The Kier molecular flexibility index (Phi) is 5.28. The van der Waals surface area contributed by atoms with Gasteiger partial charge in [-0.15, -0.1) is 5.10 Å². The molecule has 3 N–H and O–H groups in total. The average Bonchev–Trinajstić information content (AvgIpc) is 2.93. The summed E-state index contributed by atoms with van der Waals surface area (Å²) in [5, 5.41) is 10.7. The van der Waals surface area contributed by atoms with E-state index in [1.54, 1.807) is 25.4 Å². The Balaban J connectivity index is 1.93. The minimum Gasteiger partial charge on any atom is -0.495 e. The number of hydrogen-bond donors (Lipinski definition) is 2. The molecule has 1 heterocycles. The van der Waals surface area contributed by atoms with E-state index >= 15 is 0 Å². The van der Waals surface area contributed by atoms with Gasteiger partial charge < -0.3 is 15.8 Å². The third kappa shape index (κ3) is 4.28. The number of rotatable bonds is 7. The molecule has 2 aromatic rings. The van der Waals surface area contributed by atoms with E-state index in [9.17, 15) is 4.79 Å². The summed E-state index contributed by atoms with van der Waals surface area (Å²) in [6, 6.07) is 7.24. The number of ether oxygens (including phenoxy) is 1. The van der Waals surface area contributed by atoms with Crippen LogP contribution in [0.3, 0.4) is 0 Å². The maximum atomic E-state index is 12.0. The van der Waals surface area contributed by atoms with Gasteiger partial charge in [0.2, 0.25) is 5.91 Å². The Bertz CT molecular complexity index is 597. The molecule has 1 amide bonds. The maximum Gasteiger partial charge on any atom is 0.246 e. The molecule has 21 heavy (non-hydrogen) atoms.